The van der Waals surface area contributed by atoms with Gasteiger partial charge in [0.15, 0.2) is 0 Å². The van der Waals surface area contributed by atoms with Crippen LogP contribution >= 0.6 is 0 Å². The molecule has 2 aromatic rings. The fraction of sp³-hybridized carbons (Fsp3) is 0.481. The van der Waals surface area contributed by atoms with Gasteiger partial charge < -0.3 is 10.2 Å². The third-order valence-corrected chi connectivity index (χ3v) is 6.65. The van der Waals surface area contributed by atoms with E-state index in [1.54, 1.807) is 0 Å². The summed E-state index contributed by atoms with van der Waals surface area (Å²) >= 11 is 0. The average Bonchev–Trinajstić information content (AvgIpc) is 3.16. The third kappa shape index (κ3) is 4.68. The van der Waals surface area contributed by atoms with Crippen LogP contribution in [0.4, 0.5) is 17.1 Å². The molecular weight excluding hydrogens is 382 g/mol. The number of rotatable bonds is 4. The lowest BCUT2D eigenvalue weighted by Crippen LogP contribution is -2.18. The smallest absolute Gasteiger partial charge is 0.255 e. The fourth-order valence-electron chi connectivity index (χ4n) is 4.71. The lowest BCUT2D eigenvalue weighted by molar-refractivity contribution is 0.102. The van der Waals surface area contributed by atoms with Gasteiger partial charge in [-0.3, -0.25) is 9.79 Å². The highest BCUT2D eigenvalue weighted by Gasteiger charge is 2.26. The monoisotopic (exact) mass is 417 g/mol. The number of carbonyl (C=O) groups is 1. The molecule has 0 radical (unpaired) electrons. The summed E-state index contributed by atoms with van der Waals surface area (Å²) in [5, 5.41) is 3.14. The third-order valence-electron chi connectivity index (χ3n) is 6.65. The van der Waals surface area contributed by atoms with Crippen LogP contribution in [0.5, 0.6) is 0 Å². The number of nitrogens with zero attached hydrogens (tertiary/aromatic N) is 2. The van der Waals surface area contributed by atoms with Crippen molar-refractivity contribution in [1.29, 1.82) is 0 Å². The van der Waals surface area contributed by atoms with Crippen LogP contribution in [-0.2, 0) is 11.8 Å². The van der Waals surface area contributed by atoms with Gasteiger partial charge in [-0.1, -0.05) is 52.2 Å². The summed E-state index contributed by atoms with van der Waals surface area (Å²) in [5.41, 5.74) is 7.44. The summed E-state index contributed by atoms with van der Waals surface area (Å²) in [7, 11) is 4.04. The number of benzene rings is 2. The van der Waals surface area contributed by atoms with Crippen LogP contribution in [0.3, 0.4) is 0 Å². The number of aliphatic imine (C=N–C) groups is 1. The van der Waals surface area contributed by atoms with Crippen molar-refractivity contribution in [3.05, 3.63) is 53.1 Å². The van der Waals surface area contributed by atoms with Crippen LogP contribution in [0.25, 0.3) is 0 Å². The van der Waals surface area contributed by atoms with Crippen LogP contribution in [-0.4, -0.2) is 25.7 Å². The average molecular weight is 418 g/mol. The van der Waals surface area contributed by atoms with Gasteiger partial charge >= 0.3 is 0 Å². The first-order chi connectivity index (χ1) is 14.7. The maximum atomic E-state index is 13.0. The van der Waals surface area contributed by atoms with E-state index in [1.807, 2.05) is 38.4 Å². The van der Waals surface area contributed by atoms with E-state index in [-0.39, 0.29) is 11.3 Å². The van der Waals surface area contributed by atoms with Gasteiger partial charge in [0.05, 0.1) is 17.1 Å². The highest BCUT2D eigenvalue weighted by Crippen LogP contribution is 2.39. The van der Waals surface area contributed by atoms with Crippen molar-refractivity contribution < 1.29 is 4.79 Å². The van der Waals surface area contributed by atoms with Gasteiger partial charge in [0.1, 0.15) is 0 Å². The zero-order valence-electron chi connectivity index (χ0n) is 19.6. The summed E-state index contributed by atoms with van der Waals surface area (Å²) in [4.78, 5) is 20.1. The van der Waals surface area contributed by atoms with Crippen LogP contribution < -0.4 is 10.2 Å². The highest BCUT2D eigenvalue weighted by atomic mass is 16.1. The molecule has 1 amide bonds. The van der Waals surface area contributed by atoms with Crippen molar-refractivity contribution >= 4 is 28.7 Å². The van der Waals surface area contributed by atoms with Gasteiger partial charge in [0.25, 0.3) is 5.91 Å². The molecule has 31 heavy (non-hydrogen) atoms. The Morgan fingerprint density at radius 2 is 1.71 bits per heavy atom. The maximum absolute atomic E-state index is 13.0. The molecule has 0 aromatic heterocycles. The predicted molar refractivity (Wildman–Crippen MR) is 131 cm³/mol. The van der Waals surface area contributed by atoms with Gasteiger partial charge in [-0.15, -0.1) is 0 Å². The Labute approximate surface area is 186 Å². The molecule has 0 saturated heterocycles. The second-order valence-corrected chi connectivity index (χ2v) is 10.3. The molecule has 4 rings (SSSR count). The summed E-state index contributed by atoms with van der Waals surface area (Å²) in [6.45, 7) is 6.54. The van der Waals surface area contributed by atoms with Crippen molar-refractivity contribution in [1.82, 2.24) is 0 Å². The first-order valence-corrected chi connectivity index (χ1v) is 11.6. The number of carbonyl (C=O) groups excluding carboxylic acids is 1. The molecule has 0 spiro atoms. The van der Waals surface area contributed by atoms with Crippen molar-refractivity contribution in [3.8, 4) is 0 Å². The summed E-state index contributed by atoms with van der Waals surface area (Å²) < 4.78 is 0. The minimum absolute atomic E-state index is 0.0706. The van der Waals surface area contributed by atoms with E-state index in [0.29, 0.717) is 11.5 Å². The number of anilines is 2. The lowest BCUT2D eigenvalue weighted by Gasteiger charge is -2.21. The molecule has 1 heterocycles. The Bertz CT molecular complexity index is 990. The van der Waals surface area contributed by atoms with Crippen molar-refractivity contribution in [2.75, 3.05) is 24.3 Å². The first-order valence-electron chi connectivity index (χ1n) is 11.6. The Balaban J connectivity index is 1.58. The summed E-state index contributed by atoms with van der Waals surface area (Å²) in [6, 6.07) is 12.2. The number of nitrogens with one attached hydrogen (secondary N) is 1. The van der Waals surface area contributed by atoms with E-state index >= 15 is 0 Å². The van der Waals surface area contributed by atoms with Crippen molar-refractivity contribution in [2.45, 2.75) is 64.7 Å². The molecule has 1 aliphatic heterocycles. The maximum Gasteiger partial charge on any atom is 0.255 e. The molecule has 4 nitrogen and oxygen atoms in total. The van der Waals surface area contributed by atoms with E-state index in [1.165, 1.54) is 48.9 Å². The van der Waals surface area contributed by atoms with Gasteiger partial charge in [-0.2, -0.15) is 0 Å². The molecule has 1 saturated carbocycles. The van der Waals surface area contributed by atoms with Crippen molar-refractivity contribution in [2.24, 2.45) is 10.9 Å². The Kier molecular flexibility index (Phi) is 5.92. The number of hydrogen-bond acceptors (Lipinski definition) is 3. The zero-order chi connectivity index (χ0) is 22.2. The Morgan fingerprint density at radius 1 is 1.03 bits per heavy atom. The molecule has 4 heteroatoms. The first kappa shape index (κ1) is 21.6. The Morgan fingerprint density at radius 3 is 2.32 bits per heavy atom. The molecule has 0 atom stereocenters. The molecule has 0 bridgehead atoms. The number of hydrogen-bond donors (Lipinski definition) is 1. The lowest BCUT2D eigenvalue weighted by atomic mass is 9.84. The Hall–Kier alpha value is -2.62. The molecule has 1 N–H and O–H groups in total. The number of amides is 1. The largest absolute Gasteiger partial charge is 0.376 e. The topological polar surface area (TPSA) is 44.7 Å². The molecule has 2 aromatic carbocycles. The van der Waals surface area contributed by atoms with E-state index in [4.69, 9.17) is 4.99 Å². The predicted octanol–water partition coefficient (Wildman–Crippen LogP) is 6.51. The van der Waals surface area contributed by atoms with E-state index in [9.17, 15) is 4.79 Å². The highest BCUT2D eigenvalue weighted by molar-refractivity contribution is 6.07. The van der Waals surface area contributed by atoms with Crippen LogP contribution in [0.15, 0.2) is 41.4 Å². The minimum atomic E-state index is -0.0852. The van der Waals surface area contributed by atoms with E-state index < -0.39 is 0 Å². The quantitative estimate of drug-likeness (QED) is 0.616. The number of fused-ring (bicyclic) bond motifs is 1. The van der Waals surface area contributed by atoms with Crippen molar-refractivity contribution in [3.63, 3.8) is 0 Å². The fourth-order valence-corrected chi connectivity index (χ4v) is 4.71. The molecule has 2 aliphatic rings. The van der Waals surface area contributed by atoms with Crippen LogP contribution in [0.2, 0.25) is 0 Å². The second kappa shape index (κ2) is 8.49. The van der Waals surface area contributed by atoms with Crippen LogP contribution in [0.1, 0.15) is 74.4 Å². The zero-order valence-corrected chi connectivity index (χ0v) is 19.6. The van der Waals surface area contributed by atoms with Gasteiger partial charge in [-0.25, -0.2) is 0 Å². The molecule has 1 fully saturated rings. The summed E-state index contributed by atoms with van der Waals surface area (Å²) in [5.74, 6) is 0.543. The van der Waals surface area contributed by atoms with Gasteiger partial charge in [-0.05, 0) is 59.6 Å². The summed E-state index contributed by atoms with van der Waals surface area (Å²) in [6.07, 6.45) is 7.47. The molecule has 0 unspecified atom stereocenters. The standard InChI is InChI=1S/C27H35N3O/c1-27(2,3)21-13-11-19(12-14-21)26(31)29-24-17-23-20(16-25(24)30(4)5)15-22(28-23)18-9-7-6-8-10-18/h11-14,16-18H,6-10,15H2,1-5H3,(H,29,31). The van der Waals surface area contributed by atoms with Gasteiger partial charge in [0.2, 0.25) is 0 Å². The van der Waals surface area contributed by atoms with Gasteiger partial charge in [0, 0.05) is 31.8 Å². The minimum Gasteiger partial charge on any atom is -0.376 e. The SMILES string of the molecule is CN(C)c1cc2c(cc1NC(=O)c1ccc(C(C)(C)C)cc1)N=C(C1CCCCC1)C2. The van der Waals surface area contributed by atoms with E-state index in [0.717, 1.165) is 23.5 Å². The van der Waals surface area contributed by atoms with E-state index in [2.05, 4.69) is 43.1 Å². The molecule has 1 aliphatic carbocycles. The molecular formula is C27H35N3O. The van der Waals surface area contributed by atoms with Crippen LogP contribution in [0, 0.1) is 5.92 Å². The molecule has 164 valence electrons. The second-order valence-electron chi connectivity index (χ2n) is 10.3. The normalized spacial score (nSPS) is 16.6.